The molecular weight excluding hydrogens is 233 g/mol. The van der Waals surface area contributed by atoms with E-state index in [0.717, 1.165) is 31.4 Å². The van der Waals surface area contributed by atoms with E-state index in [2.05, 4.69) is 4.90 Å². The number of nitrogens with zero attached hydrogens (tertiary/aromatic N) is 1. The Morgan fingerprint density at radius 3 is 2.28 bits per heavy atom. The number of hydrogen-bond acceptors (Lipinski definition) is 2. The van der Waals surface area contributed by atoms with Crippen LogP contribution in [0.5, 0.6) is 0 Å². The second kappa shape index (κ2) is 5.38. The highest BCUT2D eigenvalue weighted by atomic mass is 19.1. The van der Waals surface area contributed by atoms with Crippen molar-refractivity contribution in [2.45, 2.75) is 31.7 Å². The van der Waals surface area contributed by atoms with Crippen molar-refractivity contribution in [1.29, 1.82) is 0 Å². The normalized spacial score (nSPS) is 23.7. The number of hydrogen-bond donors (Lipinski definition) is 1. The van der Waals surface area contributed by atoms with Gasteiger partial charge in [0.2, 0.25) is 0 Å². The summed E-state index contributed by atoms with van der Waals surface area (Å²) in [5.74, 6) is -1.11. The number of carbonyl (C=O) groups is 1. The van der Waals surface area contributed by atoms with Crippen molar-refractivity contribution in [2.24, 2.45) is 5.92 Å². The van der Waals surface area contributed by atoms with Crippen LogP contribution in [-0.2, 0) is 4.79 Å². The summed E-state index contributed by atoms with van der Waals surface area (Å²) >= 11 is 0. The molecule has 18 heavy (non-hydrogen) atoms. The maximum absolute atomic E-state index is 12.8. The second-order valence-corrected chi connectivity index (χ2v) is 4.93. The number of carboxylic acids is 1. The first kappa shape index (κ1) is 12.9. The second-order valence-electron chi connectivity index (χ2n) is 4.93. The molecule has 2 rings (SSSR count). The van der Waals surface area contributed by atoms with Gasteiger partial charge in [0.25, 0.3) is 0 Å². The Kier molecular flexibility index (Phi) is 3.84. The Morgan fingerprint density at radius 1 is 1.22 bits per heavy atom. The average molecular weight is 251 g/mol. The van der Waals surface area contributed by atoms with E-state index in [4.69, 9.17) is 5.11 Å². The Labute approximate surface area is 106 Å². The molecule has 4 heteroatoms. The fourth-order valence-corrected chi connectivity index (χ4v) is 2.60. The Hall–Kier alpha value is -1.58. The SMILES string of the molecule is CN(c1ccc(F)cc1)C1CCC(C(=O)O)CC1. The summed E-state index contributed by atoms with van der Waals surface area (Å²) in [6, 6.07) is 6.78. The third-order valence-corrected chi connectivity index (χ3v) is 3.83. The van der Waals surface area contributed by atoms with Crippen LogP contribution in [0.15, 0.2) is 24.3 Å². The molecule has 1 fully saturated rings. The van der Waals surface area contributed by atoms with Crippen LogP contribution in [0.2, 0.25) is 0 Å². The van der Waals surface area contributed by atoms with Gasteiger partial charge < -0.3 is 10.0 Å². The van der Waals surface area contributed by atoms with Crippen LogP contribution < -0.4 is 4.90 Å². The van der Waals surface area contributed by atoms with Gasteiger partial charge in [-0.3, -0.25) is 4.79 Å². The lowest BCUT2D eigenvalue weighted by Gasteiger charge is -2.34. The Bertz CT molecular complexity index is 410. The van der Waals surface area contributed by atoms with E-state index in [-0.39, 0.29) is 11.7 Å². The molecule has 1 N–H and O–H groups in total. The van der Waals surface area contributed by atoms with Gasteiger partial charge in [0.15, 0.2) is 0 Å². The molecule has 0 spiro atoms. The lowest BCUT2D eigenvalue weighted by molar-refractivity contribution is -0.142. The lowest BCUT2D eigenvalue weighted by Crippen LogP contribution is -2.36. The van der Waals surface area contributed by atoms with Crippen LogP contribution in [0, 0.1) is 11.7 Å². The molecule has 1 aliphatic rings. The zero-order valence-corrected chi connectivity index (χ0v) is 10.5. The summed E-state index contributed by atoms with van der Waals surface area (Å²) < 4.78 is 12.8. The summed E-state index contributed by atoms with van der Waals surface area (Å²) in [5, 5.41) is 8.96. The van der Waals surface area contributed by atoms with Crippen LogP contribution >= 0.6 is 0 Å². The maximum atomic E-state index is 12.8. The van der Waals surface area contributed by atoms with Crippen molar-refractivity contribution in [3.63, 3.8) is 0 Å². The number of carboxylic acid groups (broad SMARTS) is 1. The lowest BCUT2D eigenvalue weighted by atomic mass is 9.85. The molecule has 0 amide bonds. The molecule has 1 aromatic carbocycles. The molecule has 0 saturated heterocycles. The smallest absolute Gasteiger partial charge is 0.306 e. The van der Waals surface area contributed by atoms with Crippen LogP contribution in [0.25, 0.3) is 0 Å². The van der Waals surface area contributed by atoms with E-state index in [1.54, 1.807) is 12.1 Å². The standard InChI is InChI=1S/C14H18FNO2/c1-16(13-8-4-11(15)5-9-13)12-6-2-10(3-7-12)14(17)18/h4-5,8-10,12H,2-3,6-7H2,1H3,(H,17,18). The number of aliphatic carboxylic acids is 1. The maximum Gasteiger partial charge on any atom is 0.306 e. The van der Waals surface area contributed by atoms with Gasteiger partial charge in [-0.05, 0) is 49.9 Å². The number of rotatable bonds is 3. The van der Waals surface area contributed by atoms with Crippen LogP contribution in [0.4, 0.5) is 10.1 Å². The molecule has 0 radical (unpaired) electrons. The average Bonchev–Trinajstić information content (AvgIpc) is 2.39. The summed E-state index contributed by atoms with van der Waals surface area (Å²) in [7, 11) is 1.99. The van der Waals surface area contributed by atoms with Crippen LogP contribution in [0.1, 0.15) is 25.7 Å². The highest BCUT2D eigenvalue weighted by Gasteiger charge is 2.27. The molecular formula is C14H18FNO2. The van der Waals surface area contributed by atoms with Crippen molar-refractivity contribution in [2.75, 3.05) is 11.9 Å². The Morgan fingerprint density at radius 2 is 1.78 bits per heavy atom. The predicted octanol–water partition coefficient (Wildman–Crippen LogP) is 2.91. The van der Waals surface area contributed by atoms with E-state index in [1.807, 2.05) is 7.05 Å². The first-order chi connectivity index (χ1) is 8.58. The predicted molar refractivity (Wildman–Crippen MR) is 68.2 cm³/mol. The topological polar surface area (TPSA) is 40.5 Å². The Balaban J connectivity index is 1.97. The molecule has 0 aliphatic heterocycles. The highest BCUT2D eigenvalue weighted by Crippen LogP contribution is 2.29. The molecule has 0 aromatic heterocycles. The monoisotopic (exact) mass is 251 g/mol. The zero-order valence-electron chi connectivity index (χ0n) is 10.5. The number of benzene rings is 1. The van der Waals surface area contributed by atoms with E-state index in [9.17, 15) is 9.18 Å². The number of anilines is 1. The largest absolute Gasteiger partial charge is 0.481 e. The third-order valence-electron chi connectivity index (χ3n) is 3.83. The molecule has 1 aromatic rings. The van der Waals surface area contributed by atoms with E-state index in [1.165, 1.54) is 12.1 Å². The first-order valence-corrected chi connectivity index (χ1v) is 6.29. The van der Waals surface area contributed by atoms with Crippen molar-refractivity contribution >= 4 is 11.7 Å². The minimum absolute atomic E-state index is 0.192. The molecule has 0 atom stereocenters. The first-order valence-electron chi connectivity index (χ1n) is 6.29. The minimum atomic E-state index is -0.683. The zero-order chi connectivity index (χ0) is 13.1. The fraction of sp³-hybridized carbons (Fsp3) is 0.500. The van der Waals surface area contributed by atoms with Crippen molar-refractivity contribution < 1.29 is 14.3 Å². The minimum Gasteiger partial charge on any atom is -0.481 e. The number of halogens is 1. The summed E-state index contributed by atoms with van der Waals surface area (Å²) in [6.45, 7) is 0. The summed E-state index contributed by atoms with van der Waals surface area (Å²) in [4.78, 5) is 13.0. The van der Waals surface area contributed by atoms with Crippen LogP contribution in [0.3, 0.4) is 0 Å². The molecule has 1 saturated carbocycles. The van der Waals surface area contributed by atoms with Gasteiger partial charge in [-0.25, -0.2) is 4.39 Å². The van der Waals surface area contributed by atoms with E-state index < -0.39 is 5.97 Å². The van der Waals surface area contributed by atoms with Gasteiger partial charge in [0.1, 0.15) is 5.82 Å². The van der Waals surface area contributed by atoms with Gasteiger partial charge in [-0.15, -0.1) is 0 Å². The van der Waals surface area contributed by atoms with Gasteiger partial charge in [0, 0.05) is 18.8 Å². The molecule has 98 valence electrons. The van der Waals surface area contributed by atoms with Gasteiger partial charge in [-0.1, -0.05) is 0 Å². The van der Waals surface area contributed by atoms with Gasteiger partial charge >= 0.3 is 5.97 Å². The quantitative estimate of drug-likeness (QED) is 0.898. The van der Waals surface area contributed by atoms with Crippen molar-refractivity contribution in [3.8, 4) is 0 Å². The molecule has 0 unspecified atom stereocenters. The van der Waals surface area contributed by atoms with Crippen LogP contribution in [-0.4, -0.2) is 24.2 Å². The highest BCUT2D eigenvalue weighted by molar-refractivity contribution is 5.70. The summed E-state index contributed by atoms with van der Waals surface area (Å²) in [5.41, 5.74) is 0.982. The van der Waals surface area contributed by atoms with E-state index in [0.29, 0.717) is 6.04 Å². The molecule has 1 aliphatic carbocycles. The van der Waals surface area contributed by atoms with Crippen molar-refractivity contribution in [3.05, 3.63) is 30.1 Å². The molecule has 0 heterocycles. The third kappa shape index (κ3) is 2.81. The van der Waals surface area contributed by atoms with E-state index >= 15 is 0 Å². The van der Waals surface area contributed by atoms with Crippen molar-refractivity contribution in [1.82, 2.24) is 0 Å². The molecule has 3 nitrogen and oxygen atoms in total. The van der Waals surface area contributed by atoms with Gasteiger partial charge in [-0.2, -0.15) is 0 Å². The molecule has 0 bridgehead atoms. The fourth-order valence-electron chi connectivity index (χ4n) is 2.60. The summed E-state index contributed by atoms with van der Waals surface area (Å²) in [6.07, 6.45) is 3.22. The van der Waals surface area contributed by atoms with Gasteiger partial charge in [0.05, 0.1) is 5.92 Å².